The molecular formula is C18H24Cl2N4O2. The number of carbonyl (C=O) groups is 1. The fourth-order valence-electron chi connectivity index (χ4n) is 2.78. The third-order valence-corrected chi connectivity index (χ3v) is 4.48. The molecule has 2 heterocycles. The molecule has 26 heavy (non-hydrogen) atoms. The van der Waals surface area contributed by atoms with E-state index in [-0.39, 0.29) is 23.8 Å². The van der Waals surface area contributed by atoms with Crippen molar-refractivity contribution >= 4 is 41.4 Å². The van der Waals surface area contributed by atoms with Crippen molar-refractivity contribution in [2.75, 3.05) is 42.9 Å². The summed E-state index contributed by atoms with van der Waals surface area (Å²) in [6.45, 7) is 4.50. The lowest BCUT2D eigenvalue weighted by atomic mass is 10.2. The minimum Gasteiger partial charge on any atom is -0.412 e. The SMILES string of the molecule is Cl.O.O=C(CCN1CCN(c2ccccn2)CC1)Nc1ccccc1Cl. The molecule has 142 valence electrons. The Hall–Kier alpha value is -1.86. The molecule has 0 unspecified atom stereocenters. The van der Waals surface area contributed by atoms with Crippen LogP contribution in [0.15, 0.2) is 48.7 Å². The molecule has 0 aliphatic carbocycles. The van der Waals surface area contributed by atoms with Crippen LogP contribution in [0.5, 0.6) is 0 Å². The third kappa shape index (κ3) is 6.14. The fraction of sp³-hybridized carbons (Fsp3) is 0.333. The Bertz CT molecular complexity index is 680. The van der Waals surface area contributed by atoms with E-state index in [0.717, 1.165) is 38.5 Å². The molecule has 0 spiro atoms. The van der Waals surface area contributed by atoms with Gasteiger partial charge in [-0.1, -0.05) is 29.8 Å². The minimum absolute atomic E-state index is 0. The molecule has 1 fully saturated rings. The Labute approximate surface area is 164 Å². The van der Waals surface area contributed by atoms with Gasteiger partial charge in [0.1, 0.15) is 5.82 Å². The number of anilines is 2. The lowest BCUT2D eigenvalue weighted by molar-refractivity contribution is -0.116. The number of carbonyl (C=O) groups excluding carboxylic acids is 1. The Morgan fingerprint density at radius 2 is 1.77 bits per heavy atom. The van der Waals surface area contributed by atoms with Gasteiger partial charge in [0.25, 0.3) is 0 Å². The molecule has 3 N–H and O–H groups in total. The van der Waals surface area contributed by atoms with Crippen molar-refractivity contribution in [3.8, 4) is 0 Å². The van der Waals surface area contributed by atoms with Gasteiger partial charge in [-0.25, -0.2) is 4.98 Å². The normalized spacial score (nSPS) is 14.1. The zero-order valence-electron chi connectivity index (χ0n) is 14.4. The van der Waals surface area contributed by atoms with E-state index in [1.54, 1.807) is 6.07 Å². The summed E-state index contributed by atoms with van der Waals surface area (Å²) in [7, 11) is 0. The van der Waals surface area contributed by atoms with Gasteiger partial charge in [-0.05, 0) is 24.3 Å². The first-order valence-corrected chi connectivity index (χ1v) is 8.53. The van der Waals surface area contributed by atoms with Crippen LogP contribution in [-0.2, 0) is 4.79 Å². The first kappa shape index (κ1) is 22.2. The summed E-state index contributed by atoms with van der Waals surface area (Å²) in [6.07, 6.45) is 2.29. The van der Waals surface area contributed by atoms with Crippen LogP contribution in [0.25, 0.3) is 0 Å². The lowest BCUT2D eigenvalue weighted by Gasteiger charge is -2.35. The van der Waals surface area contributed by atoms with E-state index < -0.39 is 0 Å². The van der Waals surface area contributed by atoms with Crippen molar-refractivity contribution in [2.24, 2.45) is 0 Å². The van der Waals surface area contributed by atoms with Crippen LogP contribution in [0.3, 0.4) is 0 Å². The van der Waals surface area contributed by atoms with E-state index in [1.165, 1.54) is 0 Å². The Balaban J connectivity index is 0.00000169. The van der Waals surface area contributed by atoms with E-state index in [9.17, 15) is 4.79 Å². The van der Waals surface area contributed by atoms with Crippen molar-refractivity contribution in [1.82, 2.24) is 9.88 Å². The number of nitrogens with one attached hydrogen (secondary N) is 1. The summed E-state index contributed by atoms with van der Waals surface area (Å²) in [5.41, 5.74) is 0.670. The van der Waals surface area contributed by atoms with E-state index in [4.69, 9.17) is 11.6 Å². The van der Waals surface area contributed by atoms with Crippen LogP contribution in [-0.4, -0.2) is 54.0 Å². The molecule has 1 aliphatic heterocycles. The molecule has 0 bridgehead atoms. The number of para-hydroxylation sites is 1. The van der Waals surface area contributed by atoms with Crippen molar-refractivity contribution in [3.05, 3.63) is 53.7 Å². The number of hydrogen-bond donors (Lipinski definition) is 1. The second-order valence-electron chi connectivity index (χ2n) is 5.79. The highest BCUT2D eigenvalue weighted by atomic mass is 35.5. The minimum atomic E-state index is -0.00439. The quantitative estimate of drug-likeness (QED) is 0.838. The van der Waals surface area contributed by atoms with Crippen LogP contribution in [0.1, 0.15) is 6.42 Å². The summed E-state index contributed by atoms with van der Waals surface area (Å²) >= 11 is 6.05. The number of benzene rings is 1. The van der Waals surface area contributed by atoms with E-state index in [2.05, 4.69) is 20.1 Å². The van der Waals surface area contributed by atoms with Gasteiger partial charge in [-0.2, -0.15) is 0 Å². The molecule has 6 nitrogen and oxygen atoms in total. The lowest BCUT2D eigenvalue weighted by Crippen LogP contribution is -2.47. The first-order chi connectivity index (χ1) is 11.7. The van der Waals surface area contributed by atoms with E-state index in [0.29, 0.717) is 17.1 Å². The maximum atomic E-state index is 12.1. The molecule has 1 aliphatic rings. The Morgan fingerprint density at radius 3 is 2.42 bits per heavy atom. The number of piperazine rings is 1. The maximum absolute atomic E-state index is 12.1. The van der Waals surface area contributed by atoms with Gasteiger partial charge in [0, 0.05) is 45.3 Å². The fourth-order valence-corrected chi connectivity index (χ4v) is 2.96. The van der Waals surface area contributed by atoms with Crippen LogP contribution >= 0.6 is 24.0 Å². The Morgan fingerprint density at radius 1 is 1.08 bits per heavy atom. The number of pyridine rings is 1. The van der Waals surface area contributed by atoms with Gasteiger partial charge in [-0.3, -0.25) is 9.69 Å². The summed E-state index contributed by atoms with van der Waals surface area (Å²) in [5.74, 6) is 1.02. The molecule has 0 atom stereocenters. The van der Waals surface area contributed by atoms with Crippen molar-refractivity contribution < 1.29 is 10.3 Å². The molecular weight excluding hydrogens is 375 g/mol. The summed E-state index contributed by atoms with van der Waals surface area (Å²) in [6, 6.07) is 13.3. The molecule has 3 rings (SSSR count). The average Bonchev–Trinajstić information content (AvgIpc) is 2.63. The first-order valence-electron chi connectivity index (χ1n) is 8.15. The number of halogens is 2. The zero-order chi connectivity index (χ0) is 16.8. The number of amides is 1. The standard InChI is InChI=1S/C18H21ClN4O.ClH.H2O/c19-15-5-1-2-6-16(15)21-18(24)8-10-22-11-13-23(14-12-22)17-7-3-4-9-20-17;;/h1-7,9H,8,10-14H2,(H,21,24);1H;1H2. The summed E-state index contributed by atoms with van der Waals surface area (Å²) in [4.78, 5) is 21.1. The highest BCUT2D eigenvalue weighted by Crippen LogP contribution is 2.20. The second-order valence-corrected chi connectivity index (χ2v) is 6.20. The van der Waals surface area contributed by atoms with Gasteiger partial charge >= 0.3 is 0 Å². The zero-order valence-corrected chi connectivity index (χ0v) is 16.0. The molecule has 2 aromatic rings. The molecule has 1 amide bonds. The Kier molecular flexibility index (Phi) is 9.37. The maximum Gasteiger partial charge on any atom is 0.225 e. The number of aromatic nitrogens is 1. The average molecular weight is 399 g/mol. The highest BCUT2D eigenvalue weighted by molar-refractivity contribution is 6.33. The molecule has 1 aromatic carbocycles. The highest BCUT2D eigenvalue weighted by Gasteiger charge is 2.18. The van der Waals surface area contributed by atoms with Crippen molar-refractivity contribution in [2.45, 2.75) is 6.42 Å². The monoisotopic (exact) mass is 398 g/mol. The van der Waals surface area contributed by atoms with Crippen molar-refractivity contribution in [1.29, 1.82) is 0 Å². The molecule has 1 aromatic heterocycles. The smallest absolute Gasteiger partial charge is 0.225 e. The summed E-state index contributed by atoms with van der Waals surface area (Å²) in [5, 5.41) is 3.43. The van der Waals surface area contributed by atoms with E-state index in [1.807, 2.05) is 42.6 Å². The van der Waals surface area contributed by atoms with E-state index >= 15 is 0 Å². The van der Waals surface area contributed by atoms with Gasteiger partial charge in [-0.15, -0.1) is 12.4 Å². The predicted molar refractivity (Wildman–Crippen MR) is 108 cm³/mol. The molecule has 8 heteroatoms. The van der Waals surface area contributed by atoms with Gasteiger partial charge in [0.2, 0.25) is 5.91 Å². The second kappa shape index (κ2) is 11.0. The number of hydrogen-bond acceptors (Lipinski definition) is 4. The molecule has 1 saturated heterocycles. The third-order valence-electron chi connectivity index (χ3n) is 4.15. The van der Waals surface area contributed by atoms with Crippen LogP contribution in [0, 0.1) is 0 Å². The van der Waals surface area contributed by atoms with Gasteiger partial charge < -0.3 is 15.7 Å². The van der Waals surface area contributed by atoms with Gasteiger partial charge in [0.05, 0.1) is 10.7 Å². The van der Waals surface area contributed by atoms with Crippen LogP contribution in [0.2, 0.25) is 5.02 Å². The largest absolute Gasteiger partial charge is 0.412 e. The molecule has 0 radical (unpaired) electrons. The topological polar surface area (TPSA) is 80.0 Å². The van der Waals surface area contributed by atoms with Crippen molar-refractivity contribution in [3.63, 3.8) is 0 Å². The predicted octanol–water partition coefficient (Wildman–Crippen LogP) is 2.48. The van der Waals surface area contributed by atoms with Gasteiger partial charge in [0.15, 0.2) is 0 Å². The number of nitrogens with zero attached hydrogens (tertiary/aromatic N) is 3. The summed E-state index contributed by atoms with van der Waals surface area (Å²) < 4.78 is 0. The van der Waals surface area contributed by atoms with Crippen LogP contribution < -0.4 is 10.2 Å². The molecule has 0 saturated carbocycles. The van der Waals surface area contributed by atoms with Crippen LogP contribution in [0.4, 0.5) is 11.5 Å². The number of rotatable bonds is 5.